The van der Waals surface area contributed by atoms with Gasteiger partial charge in [0.2, 0.25) is 0 Å². The van der Waals surface area contributed by atoms with E-state index in [4.69, 9.17) is 10.5 Å². The standard InChI is InChI=1S/C38H37N3O2/c1-23-13-15-28(16-14-23)43-22-27-18-30(25(3)17-24(27)2)35-31(21-39)37(40)41(33-19-38(4,5)20-34(42)36(33)35)32-12-8-10-26-9-6-7-11-29(26)32/h6-18,35H,19-20,22,40H2,1-5H3. The highest BCUT2D eigenvalue weighted by Crippen LogP contribution is 2.51. The van der Waals surface area contributed by atoms with Gasteiger partial charge in [0.05, 0.1) is 23.2 Å². The molecule has 1 unspecified atom stereocenters. The van der Waals surface area contributed by atoms with E-state index >= 15 is 0 Å². The third kappa shape index (κ3) is 5.08. The summed E-state index contributed by atoms with van der Waals surface area (Å²) in [5, 5.41) is 12.8. The van der Waals surface area contributed by atoms with Gasteiger partial charge in [-0.05, 0) is 78.4 Å². The lowest BCUT2D eigenvalue weighted by Crippen LogP contribution is -2.42. The van der Waals surface area contributed by atoms with E-state index in [1.165, 1.54) is 5.56 Å². The lowest BCUT2D eigenvalue weighted by Gasteiger charge is -2.44. The number of benzene rings is 4. The van der Waals surface area contributed by atoms with E-state index < -0.39 is 5.92 Å². The van der Waals surface area contributed by atoms with E-state index in [1.54, 1.807) is 0 Å². The number of aryl methyl sites for hydroxylation is 3. The van der Waals surface area contributed by atoms with Gasteiger partial charge in [0.15, 0.2) is 5.78 Å². The number of nitrogens with zero attached hydrogens (tertiary/aromatic N) is 2. The van der Waals surface area contributed by atoms with Crippen molar-refractivity contribution >= 4 is 22.2 Å². The second-order valence-corrected chi connectivity index (χ2v) is 12.7. The van der Waals surface area contributed by atoms with Gasteiger partial charge < -0.3 is 10.5 Å². The fourth-order valence-corrected chi connectivity index (χ4v) is 6.68. The molecule has 0 radical (unpaired) electrons. The minimum absolute atomic E-state index is 0.0687. The van der Waals surface area contributed by atoms with Crippen LogP contribution in [0.5, 0.6) is 5.75 Å². The SMILES string of the molecule is Cc1ccc(OCc2cc(C3C(C#N)=C(N)N(c4cccc5ccccc45)C4=C3C(=O)CC(C)(C)C4)c(C)cc2C)cc1. The molecule has 0 bridgehead atoms. The number of allylic oxidation sites excluding steroid dienone is 3. The van der Waals surface area contributed by atoms with Crippen molar-refractivity contribution in [3.05, 3.63) is 129 Å². The van der Waals surface area contributed by atoms with Crippen LogP contribution in [0.2, 0.25) is 0 Å². The van der Waals surface area contributed by atoms with Crippen molar-refractivity contribution in [1.82, 2.24) is 0 Å². The number of anilines is 1. The molecule has 6 rings (SSSR count). The number of hydrogen-bond donors (Lipinski definition) is 1. The van der Waals surface area contributed by atoms with E-state index in [2.05, 4.69) is 57.2 Å². The zero-order chi connectivity index (χ0) is 30.5. The number of nitriles is 1. The largest absolute Gasteiger partial charge is 0.489 e. The second-order valence-electron chi connectivity index (χ2n) is 12.7. The Morgan fingerprint density at radius 3 is 2.42 bits per heavy atom. The predicted octanol–water partition coefficient (Wildman–Crippen LogP) is 8.28. The van der Waals surface area contributed by atoms with Crippen LogP contribution in [-0.2, 0) is 11.4 Å². The van der Waals surface area contributed by atoms with Crippen molar-refractivity contribution in [2.75, 3.05) is 4.90 Å². The van der Waals surface area contributed by atoms with E-state index in [9.17, 15) is 10.1 Å². The molecule has 0 aromatic heterocycles. The van der Waals surface area contributed by atoms with E-state index in [0.29, 0.717) is 36.4 Å². The predicted molar refractivity (Wildman–Crippen MR) is 172 cm³/mol. The van der Waals surface area contributed by atoms with E-state index in [-0.39, 0.29) is 11.2 Å². The molecule has 0 saturated heterocycles. The van der Waals surface area contributed by atoms with Crippen LogP contribution in [-0.4, -0.2) is 5.78 Å². The number of nitrogens with two attached hydrogens (primary N) is 1. The van der Waals surface area contributed by atoms with Crippen molar-refractivity contribution in [2.45, 2.75) is 60.0 Å². The van der Waals surface area contributed by atoms with Crippen molar-refractivity contribution in [3.8, 4) is 11.8 Å². The first-order valence-corrected chi connectivity index (χ1v) is 14.8. The molecule has 0 amide bonds. The summed E-state index contributed by atoms with van der Waals surface area (Å²) in [5.41, 5.74) is 14.8. The Hall–Kier alpha value is -4.82. The Balaban J connectivity index is 1.53. The molecule has 5 nitrogen and oxygen atoms in total. The van der Waals surface area contributed by atoms with Gasteiger partial charge in [-0.2, -0.15) is 5.26 Å². The number of carbonyl (C=O) groups is 1. The lowest BCUT2D eigenvalue weighted by atomic mass is 9.68. The number of ketones is 1. The third-order valence-corrected chi connectivity index (χ3v) is 8.84. The summed E-state index contributed by atoms with van der Waals surface area (Å²) in [7, 11) is 0. The van der Waals surface area contributed by atoms with Crippen LogP contribution in [0.25, 0.3) is 10.8 Å². The van der Waals surface area contributed by atoms with Gasteiger partial charge in [-0.15, -0.1) is 0 Å². The summed E-state index contributed by atoms with van der Waals surface area (Å²) < 4.78 is 6.17. The molecule has 1 aliphatic carbocycles. The zero-order valence-corrected chi connectivity index (χ0v) is 25.5. The van der Waals surface area contributed by atoms with Crippen LogP contribution in [0.15, 0.2) is 102 Å². The Morgan fingerprint density at radius 2 is 1.67 bits per heavy atom. The van der Waals surface area contributed by atoms with Crippen LogP contribution in [0.4, 0.5) is 5.69 Å². The first kappa shape index (κ1) is 28.3. The van der Waals surface area contributed by atoms with Crippen molar-refractivity contribution < 1.29 is 9.53 Å². The Labute approximate surface area is 253 Å². The molecular weight excluding hydrogens is 530 g/mol. The van der Waals surface area contributed by atoms with Gasteiger partial charge in [0, 0.05) is 23.1 Å². The second kappa shape index (κ2) is 10.8. The number of ether oxygens (including phenoxy) is 1. The summed E-state index contributed by atoms with van der Waals surface area (Å²) >= 11 is 0. The van der Waals surface area contributed by atoms with Crippen LogP contribution in [0, 0.1) is 37.5 Å². The van der Waals surface area contributed by atoms with Gasteiger partial charge >= 0.3 is 0 Å². The van der Waals surface area contributed by atoms with Crippen LogP contribution < -0.4 is 15.4 Å². The molecule has 2 aliphatic rings. The maximum atomic E-state index is 14.2. The molecule has 43 heavy (non-hydrogen) atoms. The molecule has 4 aromatic rings. The number of fused-ring (bicyclic) bond motifs is 1. The Bertz CT molecular complexity index is 1870. The number of Topliss-reactive ketones (excluding diaryl/α,β-unsaturated/α-hetero) is 1. The lowest BCUT2D eigenvalue weighted by molar-refractivity contribution is -0.118. The normalized spacial score (nSPS) is 18.1. The molecule has 0 saturated carbocycles. The topological polar surface area (TPSA) is 79.3 Å². The highest BCUT2D eigenvalue weighted by Gasteiger charge is 2.45. The van der Waals surface area contributed by atoms with E-state index in [1.807, 2.05) is 67.3 Å². The molecule has 1 aliphatic heterocycles. The average Bonchev–Trinajstić information content (AvgIpc) is 2.96. The minimum Gasteiger partial charge on any atom is -0.489 e. The summed E-state index contributed by atoms with van der Waals surface area (Å²) in [6.45, 7) is 10.8. The molecule has 1 heterocycles. The minimum atomic E-state index is -0.548. The Kier molecular flexibility index (Phi) is 7.10. The summed E-state index contributed by atoms with van der Waals surface area (Å²) in [5.74, 6) is 0.699. The molecular formula is C38H37N3O2. The van der Waals surface area contributed by atoms with Gasteiger partial charge in [-0.1, -0.05) is 80.1 Å². The molecule has 4 aromatic carbocycles. The number of carbonyl (C=O) groups excluding carboxylic acids is 1. The highest BCUT2D eigenvalue weighted by molar-refractivity contribution is 6.03. The van der Waals surface area contributed by atoms with Crippen molar-refractivity contribution in [2.24, 2.45) is 11.1 Å². The maximum absolute atomic E-state index is 14.2. The van der Waals surface area contributed by atoms with E-state index in [0.717, 1.165) is 50.2 Å². The first-order valence-electron chi connectivity index (χ1n) is 14.8. The average molecular weight is 568 g/mol. The zero-order valence-electron chi connectivity index (χ0n) is 25.5. The molecule has 216 valence electrons. The monoisotopic (exact) mass is 567 g/mol. The summed E-state index contributed by atoms with van der Waals surface area (Å²) in [6, 6.07) is 28.9. The number of hydrogen-bond acceptors (Lipinski definition) is 5. The molecule has 2 N–H and O–H groups in total. The van der Waals surface area contributed by atoms with Crippen LogP contribution in [0.1, 0.15) is 60.4 Å². The van der Waals surface area contributed by atoms with Gasteiger partial charge in [0.1, 0.15) is 18.2 Å². The van der Waals surface area contributed by atoms with Crippen LogP contribution >= 0.6 is 0 Å². The molecule has 5 heteroatoms. The fourth-order valence-electron chi connectivity index (χ4n) is 6.68. The van der Waals surface area contributed by atoms with Crippen molar-refractivity contribution in [1.29, 1.82) is 5.26 Å². The quantitative estimate of drug-likeness (QED) is 0.262. The Morgan fingerprint density at radius 1 is 0.953 bits per heavy atom. The molecule has 0 fully saturated rings. The van der Waals surface area contributed by atoms with Gasteiger partial charge in [-0.3, -0.25) is 9.69 Å². The maximum Gasteiger partial charge on any atom is 0.162 e. The van der Waals surface area contributed by atoms with Gasteiger partial charge in [0.25, 0.3) is 0 Å². The highest BCUT2D eigenvalue weighted by atomic mass is 16.5. The van der Waals surface area contributed by atoms with Gasteiger partial charge in [-0.25, -0.2) is 0 Å². The summed E-state index contributed by atoms with van der Waals surface area (Å²) in [4.78, 5) is 16.1. The number of rotatable bonds is 5. The first-order chi connectivity index (χ1) is 20.6. The smallest absolute Gasteiger partial charge is 0.162 e. The van der Waals surface area contributed by atoms with Crippen LogP contribution in [0.3, 0.4) is 0 Å². The summed E-state index contributed by atoms with van der Waals surface area (Å²) in [6.07, 6.45) is 1.08. The molecule has 0 spiro atoms. The fraction of sp³-hybridized carbons (Fsp3) is 0.263. The van der Waals surface area contributed by atoms with Crippen molar-refractivity contribution in [3.63, 3.8) is 0 Å². The third-order valence-electron chi connectivity index (χ3n) is 8.84. The molecule has 1 atom stereocenters.